The molecule has 6 heteroatoms. The van der Waals surface area contributed by atoms with Crippen molar-refractivity contribution in [2.24, 2.45) is 0 Å². The Bertz CT molecular complexity index is 884. The summed E-state index contributed by atoms with van der Waals surface area (Å²) in [6, 6.07) is 13.7. The highest BCUT2D eigenvalue weighted by Gasteiger charge is 2.07. The SMILES string of the molecule is CN(CCc1ccncc1)c1ccc(NC(=O)Cc2cccc(F)c2)nc1. The topological polar surface area (TPSA) is 58.1 Å². The van der Waals surface area contributed by atoms with E-state index >= 15 is 0 Å². The maximum Gasteiger partial charge on any atom is 0.229 e. The minimum Gasteiger partial charge on any atom is -0.373 e. The van der Waals surface area contributed by atoms with Crippen LogP contribution < -0.4 is 10.2 Å². The van der Waals surface area contributed by atoms with Gasteiger partial charge < -0.3 is 10.2 Å². The van der Waals surface area contributed by atoms with Crippen LogP contribution in [0.25, 0.3) is 0 Å². The number of hydrogen-bond acceptors (Lipinski definition) is 4. The van der Waals surface area contributed by atoms with Crippen LogP contribution in [0, 0.1) is 5.82 Å². The third-order valence-corrected chi connectivity index (χ3v) is 4.20. The van der Waals surface area contributed by atoms with Gasteiger partial charge in [-0.3, -0.25) is 9.78 Å². The maximum absolute atomic E-state index is 13.2. The summed E-state index contributed by atoms with van der Waals surface area (Å²) in [5, 5.41) is 2.74. The summed E-state index contributed by atoms with van der Waals surface area (Å²) < 4.78 is 13.2. The van der Waals surface area contributed by atoms with Crippen LogP contribution in [0.5, 0.6) is 0 Å². The second-order valence-corrected chi connectivity index (χ2v) is 6.28. The normalized spacial score (nSPS) is 10.4. The van der Waals surface area contributed by atoms with Crippen molar-refractivity contribution < 1.29 is 9.18 Å². The number of pyridine rings is 2. The summed E-state index contributed by atoms with van der Waals surface area (Å²) in [5.74, 6) is -0.104. The Morgan fingerprint density at radius 1 is 1.11 bits per heavy atom. The van der Waals surface area contributed by atoms with E-state index in [1.807, 2.05) is 25.2 Å². The fourth-order valence-corrected chi connectivity index (χ4v) is 2.68. The summed E-state index contributed by atoms with van der Waals surface area (Å²) >= 11 is 0. The van der Waals surface area contributed by atoms with Crippen molar-refractivity contribution in [2.75, 3.05) is 23.8 Å². The molecule has 3 aromatic rings. The van der Waals surface area contributed by atoms with Crippen LogP contribution in [0.2, 0.25) is 0 Å². The van der Waals surface area contributed by atoms with E-state index in [1.165, 1.54) is 17.7 Å². The number of carbonyl (C=O) groups excluding carboxylic acids is 1. The second-order valence-electron chi connectivity index (χ2n) is 6.28. The minimum absolute atomic E-state index is 0.104. The number of amides is 1. The molecule has 0 aliphatic carbocycles. The Morgan fingerprint density at radius 3 is 2.63 bits per heavy atom. The number of rotatable bonds is 7. The molecule has 27 heavy (non-hydrogen) atoms. The second kappa shape index (κ2) is 8.89. The van der Waals surface area contributed by atoms with E-state index in [0.717, 1.165) is 18.7 Å². The molecule has 138 valence electrons. The molecule has 0 fully saturated rings. The first kappa shape index (κ1) is 18.5. The fourth-order valence-electron chi connectivity index (χ4n) is 2.68. The lowest BCUT2D eigenvalue weighted by Crippen LogP contribution is -2.21. The van der Waals surface area contributed by atoms with Crippen molar-refractivity contribution in [1.82, 2.24) is 9.97 Å². The molecule has 2 heterocycles. The summed E-state index contributed by atoms with van der Waals surface area (Å²) in [6.45, 7) is 0.844. The molecule has 0 unspecified atom stereocenters. The molecular weight excluding hydrogens is 343 g/mol. The van der Waals surface area contributed by atoms with Gasteiger partial charge in [0.1, 0.15) is 11.6 Å². The Kier molecular flexibility index (Phi) is 6.10. The quantitative estimate of drug-likeness (QED) is 0.697. The lowest BCUT2D eigenvalue weighted by molar-refractivity contribution is -0.115. The Balaban J connectivity index is 1.52. The van der Waals surface area contributed by atoms with Gasteiger partial charge in [-0.2, -0.15) is 0 Å². The molecule has 3 rings (SSSR count). The number of nitrogens with one attached hydrogen (secondary N) is 1. The predicted octanol–water partition coefficient (Wildman–Crippen LogP) is 3.48. The highest BCUT2D eigenvalue weighted by atomic mass is 19.1. The molecule has 0 atom stereocenters. The summed E-state index contributed by atoms with van der Waals surface area (Å²) in [6.07, 6.45) is 6.32. The van der Waals surface area contributed by atoms with Crippen molar-refractivity contribution in [1.29, 1.82) is 0 Å². The van der Waals surface area contributed by atoms with E-state index < -0.39 is 0 Å². The molecule has 1 amide bonds. The zero-order valence-electron chi connectivity index (χ0n) is 15.1. The summed E-state index contributed by atoms with van der Waals surface area (Å²) in [7, 11) is 2.00. The number of benzene rings is 1. The van der Waals surface area contributed by atoms with Gasteiger partial charge in [-0.15, -0.1) is 0 Å². The standard InChI is InChI=1S/C21H21FN4O/c1-26(12-9-16-7-10-23-11-8-16)19-5-6-20(24-15-19)25-21(27)14-17-3-2-4-18(22)13-17/h2-8,10-11,13,15H,9,12,14H2,1H3,(H,24,25,27). The number of hydrogen-bond donors (Lipinski definition) is 1. The van der Waals surface area contributed by atoms with Gasteiger partial charge in [0.25, 0.3) is 0 Å². The highest BCUT2D eigenvalue weighted by Crippen LogP contribution is 2.15. The number of aromatic nitrogens is 2. The fraction of sp³-hybridized carbons (Fsp3) is 0.190. The van der Waals surface area contributed by atoms with Crippen LogP contribution in [0.4, 0.5) is 15.9 Å². The lowest BCUT2D eigenvalue weighted by Gasteiger charge is -2.19. The zero-order valence-corrected chi connectivity index (χ0v) is 15.1. The van der Waals surface area contributed by atoms with Gasteiger partial charge in [0.2, 0.25) is 5.91 Å². The molecule has 0 spiro atoms. The van der Waals surface area contributed by atoms with E-state index in [-0.39, 0.29) is 18.1 Å². The average Bonchev–Trinajstić information content (AvgIpc) is 2.67. The van der Waals surface area contributed by atoms with Gasteiger partial charge in [0, 0.05) is 26.0 Å². The van der Waals surface area contributed by atoms with Crippen LogP contribution in [0.3, 0.4) is 0 Å². The number of nitrogens with zero attached hydrogens (tertiary/aromatic N) is 3. The van der Waals surface area contributed by atoms with Crippen molar-refractivity contribution in [2.45, 2.75) is 12.8 Å². The predicted molar refractivity (Wildman–Crippen MR) is 104 cm³/mol. The molecular formula is C21H21FN4O. The van der Waals surface area contributed by atoms with Gasteiger partial charge in [0.15, 0.2) is 0 Å². The Morgan fingerprint density at radius 2 is 1.93 bits per heavy atom. The van der Waals surface area contributed by atoms with Gasteiger partial charge in [0.05, 0.1) is 18.3 Å². The molecule has 0 saturated carbocycles. The van der Waals surface area contributed by atoms with Gasteiger partial charge in [-0.1, -0.05) is 12.1 Å². The van der Waals surface area contributed by atoms with Crippen LogP contribution >= 0.6 is 0 Å². The van der Waals surface area contributed by atoms with E-state index in [1.54, 1.807) is 36.8 Å². The van der Waals surface area contributed by atoms with Crippen LogP contribution in [-0.4, -0.2) is 29.5 Å². The third kappa shape index (κ3) is 5.60. The van der Waals surface area contributed by atoms with Crippen LogP contribution in [0.1, 0.15) is 11.1 Å². The average molecular weight is 364 g/mol. The van der Waals surface area contributed by atoms with Crippen molar-refractivity contribution in [3.05, 3.63) is 84.1 Å². The maximum atomic E-state index is 13.2. The molecule has 0 saturated heterocycles. The first-order valence-electron chi connectivity index (χ1n) is 8.70. The molecule has 5 nitrogen and oxygen atoms in total. The minimum atomic E-state index is -0.349. The van der Waals surface area contributed by atoms with E-state index in [2.05, 4.69) is 20.2 Å². The largest absolute Gasteiger partial charge is 0.373 e. The Hall–Kier alpha value is -3.28. The molecule has 2 aromatic heterocycles. The molecule has 1 aromatic carbocycles. The van der Waals surface area contributed by atoms with Crippen molar-refractivity contribution >= 4 is 17.4 Å². The van der Waals surface area contributed by atoms with Crippen molar-refractivity contribution in [3.63, 3.8) is 0 Å². The third-order valence-electron chi connectivity index (χ3n) is 4.20. The van der Waals surface area contributed by atoms with Crippen LogP contribution in [0.15, 0.2) is 67.1 Å². The van der Waals surface area contributed by atoms with E-state index in [0.29, 0.717) is 11.4 Å². The zero-order chi connectivity index (χ0) is 19.1. The number of anilines is 2. The first-order chi connectivity index (χ1) is 13.1. The molecule has 1 N–H and O–H groups in total. The first-order valence-corrected chi connectivity index (χ1v) is 8.70. The summed E-state index contributed by atoms with van der Waals surface area (Å²) in [4.78, 5) is 22.5. The monoisotopic (exact) mass is 364 g/mol. The van der Waals surface area contributed by atoms with Gasteiger partial charge >= 0.3 is 0 Å². The van der Waals surface area contributed by atoms with Crippen LogP contribution in [-0.2, 0) is 17.6 Å². The Labute approximate surface area is 157 Å². The van der Waals surface area contributed by atoms with Crippen molar-refractivity contribution in [3.8, 4) is 0 Å². The van der Waals surface area contributed by atoms with Gasteiger partial charge in [-0.05, 0) is 53.9 Å². The smallest absolute Gasteiger partial charge is 0.229 e. The summed E-state index contributed by atoms with van der Waals surface area (Å²) in [5.41, 5.74) is 2.82. The lowest BCUT2D eigenvalue weighted by atomic mass is 10.1. The number of halogens is 1. The molecule has 0 aliphatic rings. The van der Waals surface area contributed by atoms with E-state index in [4.69, 9.17) is 0 Å². The number of carbonyl (C=O) groups is 1. The molecule has 0 aliphatic heterocycles. The van der Waals surface area contributed by atoms with E-state index in [9.17, 15) is 9.18 Å². The number of likely N-dealkylation sites (N-methyl/N-ethyl adjacent to an activating group) is 1. The molecule has 0 radical (unpaired) electrons. The molecule has 0 bridgehead atoms. The van der Waals surface area contributed by atoms with Gasteiger partial charge in [-0.25, -0.2) is 9.37 Å². The highest BCUT2D eigenvalue weighted by molar-refractivity contribution is 5.91.